The first-order valence-corrected chi connectivity index (χ1v) is 7.97. The van der Waals surface area contributed by atoms with E-state index in [0.29, 0.717) is 0 Å². The maximum absolute atomic E-state index is 5.93. The molecule has 0 aliphatic carbocycles. The smallest absolute Gasteiger partial charge is 0.188 e. The van der Waals surface area contributed by atoms with Crippen LogP contribution in [0.4, 0.5) is 16.5 Å². The summed E-state index contributed by atoms with van der Waals surface area (Å²) in [5, 5.41) is 6.30. The summed E-state index contributed by atoms with van der Waals surface area (Å²) in [7, 11) is 0. The van der Waals surface area contributed by atoms with Gasteiger partial charge >= 0.3 is 0 Å². The van der Waals surface area contributed by atoms with Gasteiger partial charge in [0.2, 0.25) is 0 Å². The highest BCUT2D eigenvalue weighted by Gasteiger charge is 2.10. The topological polar surface area (TPSA) is 50.9 Å². The lowest BCUT2D eigenvalue weighted by molar-refractivity contribution is 1.37. The monoisotopic (exact) mass is 301 g/mol. The second kappa shape index (κ2) is 5.26. The largest absolute Gasteiger partial charge is 0.398 e. The van der Waals surface area contributed by atoms with Gasteiger partial charge < -0.3 is 11.1 Å². The van der Waals surface area contributed by atoms with Crippen molar-refractivity contribution in [2.45, 2.75) is 13.8 Å². The van der Waals surface area contributed by atoms with Crippen LogP contribution in [0.2, 0.25) is 0 Å². The first-order valence-electron chi connectivity index (χ1n) is 6.28. The zero-order valence-corrected chi connectivity index (χ0v) is 12.9. The second-order valence-electron chi connectivity index (χ2n) is 4.60. The van der Waals surface area contributed by atoms with Gasteiger partial charge in [0, 0.05) is 16.3 Å². The van der Waals surface area contributed by atoms with Crippen molar-refractivity contribution >= 4 is 39.2 Å². The van der Waals surface area contributed by atoms with Gasteiger partial charge in [0.15, 0.2) is 5.13 Å². The number of benzene rings is 1. The van der Waals surface area contributed by atoms with Crippen molar-refractivity contribution in [3.05, 3.63) is 46.2 Å². The molecule has 0 saturated heterocycles. The highest BCUT2D eigenvalue weighted by Crippen LogP contribution is 2.34. The van der Waals surface area contributed by atoms with E-state index in [1.807, 2.05) is 31.2 Å². The van der Waals surface area contributed by atoms with E-state index in [-0.39, 0.29) is 0 Å². The van der Waals surface area contributed by atoms with Gasteiger partial charge in [-0.3, -0.25) is 0 Å². The van der Waals surface area contributed by atoms with Gasteiger partial charge in [-0.25, -0.2) is 4.98 Å². The lowest BCUT2D eigenvalue weighted by Gasteiger charge is -2.05. The molecular weight excluding hydrogens is 286 g/mol. The molecule has 1 aromatic carbocycles. The molecule has 0 saturated carbocycles. The first kappa shape index (κ1) is 13.1. The second-order valence-corrected chi connectivity index (χ2v) is 6.75. The minimum absolute atomic E-state index is 0.793. The predicted molar refractivity (Wildman–Crippen MR) is 89.0 cm³/mol. The molecule has 2 aromatic heterocycles. The summed E-state index contributed by atoms with van der Waals surface area (Å²) >= 11 is 3.37. The molecule has 0 fully saturated rings. The fourth-order valence-corrected chi connectivity index (χ4v) is 3.62. The number of rotatable bonds is 3. The van der Waals surface area contributed by atoms with E-state index >= 15 is 0 Å². The molecule has 0 aliphatic rings. The zero-order valence-electron chi connectivity index (χ0n) is 11.3. The molecule has 0 radical (unpaired) electrons. The summed E-state index contributed by atoms with van der Waals surface area (Å²) in [5.41, 5.74) is 9.85. The Kier molecular flexibility index (Phi) is 3.46. The summed E-state index contributed by atoms with van der Waals surface area (Å²) in [6.45, 7) is 4.10. The molecule has 0 atom stereocenters. The Bertz CT molecular complexity index is 730. The molecule has 0 bridgehead atoms. The van der Waals surface area contributed by atoms with Crippen LogP contribution in [-0.4, -0.2) is 4.98 Å². The Hall–Kier alpha value is -1.85. The van der Waals surface area contributed by atoms with Crippen molar-refractivity contribution in [1.82, 2.24) is 4.98 Å². The highest BCUT2D eigenvalue weighted by atomic mass is 32.1. The number of hydrogen-bond acceptors (Lipinski definition) is 5. The summed E-state index contributed by atoms with van der Waals surface area (Å²) in [6.07, 6.45) is 0. The van der Waals surface area contributed by atoms with Crippen LogP contribution < -0.4 is 11.1 Å². The standard InChI is InChI=1S/C15H15N3S2/c1-9-5-6-11(8-12(9)16)17-15-18-14(10(2)20-15)13-4-3-7-19-13/h3-8H,16H2,1-2H3,(H,17,18). The predicted octanol–water partition coefficient (Wildman–Crippen LogP) is 4.81. The van der Waals surface area contributed by atoms with Crippen molar-refractivity contribution in [1.29, 1.82) is 0 Å². The Morgan fingerprint density at radius 1 is 1.20 bits per heavy atom. The van der Waals surface area contributed by atoms with Gasteiger partial charge in [-0.1, -0.05) is 12.1 Å². The van der Waals surface area contributed by atoms with Crippen LogP contribution in [0.1, 0.15) is 10.4 Å². The number of thiophene rings is 1. The quantitative estimate of drug-likeness (QED) is 0.682. The number of aromatic nitrogens is 1. The maximum Gasteiger partial charge on any atom is 0.188 e. The summed E-state index contributed by atoms with van der Waals surface area (Å²) in [4.78, 5) is 7.10. The average Bonchev–Trinajstić information content (AvgIpc) is 3.03. The molecular formula is C15H15N3S2. The number of hydrogen-bond donors (Lipinski definition) is 2. The van der Waals surface area contributed by atoms with Crippen molar-refractivity contribution < 1.29 is 0 Å². The van der Waals surface area contributed by atoms with E-state index < -0.39 is 0 Å². The van der Waals surface area contributed by atoms with Gasteiger partial charge in [-0.2, -0.15) is 0 Å². The third kappa shape index (κ3) is 2.55. The van der Waals surface area contributed by atoms with Gasteiger partial charge in [-0.15, -0.1) is 22.7 Å². The zero-order chi connectivity index (χ0) is 14.1. The number of nitrogens with zero attached hydrogens (tertiary/aromatic N) is 1. The Morgan fingerprint density at radius 3 is 2.75 bits per heavy atom. The third-order valence-electron chi connectivity index (χ3n) is 3.08. The molecule has 0 unspecified atom stereocenters. The summed E-state index contributed by atoms with van der Waals surface area (Å²) in [6, 6.07) is 10.1. The van der Waals surface area contributed by atoms with E-state index in [1.165, 1.54) is 9.75 Å². The van der Waals surface area contributed by atoms with Crippen LogP contribution in [0.5, 0.6) is 0 Å². The van der Waals surface area contributed by atoms with Crippen LogP contribution >= 0.6 is 22.7 Å². The number of anilines is 3. The molecule has 3 rings (SSSR count). The van der Waals surface area contributed by atoms with Crippen LogP contribution in [0, 0.1) is 13.8 Å². The fraction of sp³-hybridized carbons (Fsp3) is 0.133. The Balaban J connectivity index is 1.88. The van der Waals surface area contributed by atoms with Crippen molar-refractivity contribution in [2.24, 2.45) is 0 Å². The minimum Gasteiger partial charge on any atom is -0.398 e. The molecule has 3 nitrogen and oxygen atoms in total. The number of nitrogen functional groups attached to an aromatic ring is 1. The molecule has 20 heavy (non-hydrogen) atoms. The maximum atomic E-state index is 5.93. The first-order chi connectivity index (χ1) is 9.63. The van der Waals surface area contributed by atoms with Crippen molar-refractivity contribution in [2.75, 3.05) is 11.1 Å². The van der Waals surface area contributed by atoms with Gasteiger partial charge in [0.25, 0.3) is 0 Å². The van der Waals surface area contributed by atoms with E-state index in [4.69, 9.17) is 5.73 Å². The molecule has 0 amide bonds. The molecule has 5 heteroatoms. The number of aryl methyl sites for hydroxylation is 2. The molecule has 0 spiro atoms. The van der Waals surface area contributed by atoms with E-state index in [9.17, 15) is 0 Å². The normalized spacial score (nSPS) is 10.7. The minimum atomic E-state index is 0.793. The lowest BCUT2D eigenvalue weighted by Crippen LogP contribution is -1.94. The number of nitrogens with two attached hydrogens (primary N) is 1. The van der Waals surface area contributed by atoms with Crippen LogP contribution in [0.3, 0.4) is 0 Å². The Morgan fingerprint density at radius 2 is 2.05 bits per heavy atom. The van der Waals surface area contributed by atoms with E-state index in [2.05, 4.69) is 28.7 Å². The van der Waals surface area contributed by atoms with Crippen LogP contribution in [0.25, 0.3) is 10.6 Å². The Labute approximate surface area is 126 Å². The highest BCUT2D eigenvalue weighted by molar-refractivity contribution is 7.17. The van der Waals surface area contributed by atoms with E-state index in [0.717, 1.165) is 27.8 Å². The van der Waals surface area contributed by atoms with Crippen molar-refractivity contribution in [3.8, 4) is 10.6 Å². The molecule has 0 aliphatic heterocycles. The molecule has 3 N–H and O–H groups in total. The SMILES string of the molecule is Cc1ccc(Nc2nc(-c3cccs3)c(C)s2)cc1N. The van der Waals surface area contributed by atoms with Gasteiger partial charge in [-0.05, 0) is 43.0 Å². The lowest BCUT2D eigenvalue weighted by atomic mass is 10.2. The summed E-state index contributed by atoms with van der Waals surface area (Å²) < 4.78 is 0. The van der Waals surface area contributed by atoms with Crippen LogP contribution in [0.15, 0.2) is 35.7 Å². The van der Waals surface area contributed by atoms with Crippen molar-refractivity contribution in [3.63, 3.8) is 0 Å². The number of thiazole rings is 1. The fourth-order valence-electron chi connectivity index (χ4n) is 1.93. The van der Waals surface area contributed by atoms with Gasteiger partial charge in [0.05, 0.1) is 10.6 Å². The van der Waals surface area contributed by atoms with Crippen LogP contribution in [-0.2, 0) is 0 Å². The molecule has 102 valence electrons. The molecule has 3 aromatic rings. The third-order valence-corrected chi connectivity index (χ3v) is 4.84. The summed E-state index contributed by atoms with van der Waals surface area (Å²) in [5.74, 6) is 0. The van der Waals surface area contributed by atoms with E-state index in [1.54, 1.807) is 22.7 Å². The average molecular weight is 301 g/mol. The molecule has 2 heterocycles. The number of nitrogens with one attached hydrogen (secondary N) is 1. The van der Waals surface area contributed by atoms with Gasteiger partial charge in [0.1, 0.15) is 0 Å².